The second-order valence-electron chi connectivity index (χ2n) is 5.10. The fourth-order valence-electron chi connectivity index (χ4n) is 3.24. The molecule has 2 aliphatic rings. The second-order valence-corrected chi connectivity index (χ2v) is 5.10. The summed E-state index contributed by atoms with van der Waals surface area (Å²) in [6.07, 6.45) is 4.66. The van der Waals surface area contributed by atoms with Crippen LogP contribution in [0, 0.1) is 0 Å². The van der Waals surface area contributed by atoms with Gasteiger partial charge >= 0.3 is 5.97 Å². The maximum absolute atomic E-state index is 11.9. The largest absolute Gasteiger partial charge is 0.493 e. The van der Waals surface area contributed by atoms with Crippen LogP contribution in [-0.2, 0) is 4.74 Å². The van der Waals surface area contributed by atoms with Crippen molar-refractivity contribution >= 4 is 5.97 Å². The van der Waals surface area contributed by atoms with E-state index in [1.807, 2.05) is 0 Å². The van der Waals surface area contributed by atoms with E-state index < -0.39 is 0 Å². The van der Waals surface area contributed by atoms with Crippen molar-refractivity contribution in [3.8, 4) is 11.5 Å². The first kappa shape index (κ1) is 12.3. The summed E-state index contributed by atoms with van der Waals surface area (Å²) in [5.74, 6) is 1.45. The van der Waals surface area contributed by atoms with Crippen molar-refractivity contribution in [2.24, 2.45) is 0 Å². The lowest BCUT2D eigenvalue weighted by molar-refractivity contribution is 0.0598. The molecule has 1 aromatic rings. The molecule has 1 heterocycles. The van der Waals surface area contributed by atoms with Gasteiger partial charge < -0.3 is 14.2 Å². The predicted molar refractivity (Wildman–Crippen MR) is 70.0 cm³/mol. The van der Waals surface area contributed by atoms with Crippen molar-refractivity contribution in [3.05, 3.63) is 23.3 Å². The van der Waals surface area contributed by atoms with Gasteiger partial charge in [0.25, 0.3) is 0 Å². The monoisotopic (exact) mass is 262 g/mol. The number of benzene rings is 1. The number of carbonyl (C=O) groups excluding carboxylic acids is 1. The molecular weight excluding hydrogens is 244 g/mol. The van der Waals surface area contributed by atoms with Crippen LogP contribution in [0.4, 0.5) is 0 Å². The summed E-state index contributed by atoms with van der Waals surface area (Å²) in [6.45, 7) is 0. The van der Waals surface area contributed by atoms with Crippen molar-refractivity contribution in [2.75, 3.05) is 14.2 Å². The fourth-order valence-corrected chi connectivity index (χ4v) is 3.24. The average molecular weight is 262 g/mol. The molecular formula is C15H18O4. The van der Waals surface area contributed by atoms with Crippen molar-refractivity contribution in [3.63, 3.8) is 0 Å². The topological polar surface area (TPSA) is 44.8 Å². The van der Waals surface area contributed by atoms with Crippen LogP contribution >= 0.6 is 0 Å². The summed E-state index contributed by atoms with van der Waals surface area (Å²) in [5, 5.41) is 0. The first-order valence-corrected chi connectivity index (χ1v) is 6.72. The Kier molecular flexibility index (Phi) is 3.09. The van der Waals surface area contributed by atoms with E-state index in [4.69, 9.17) is 14.2 Å². The summed E-state index contributed by atoms with van der Waals surface area (Å²) in [6, 6.07) is 3.56. The van der Waals surface area contributed by atoms with E-state index in [1.165, 1.54) is 20.0 Å². The molecule has 0 bridgehead atoms. The molecule has 1 aliphatic carbocycles. The Labute approximate surface area is 112 Å². The third-order valence-electron chi connectivity index (χ3n) is 4.13. The lowest BCUT2D eigenvalue weighted by Gasteiger charge is -2.24. The molecule has 19 heavy (non-hydrogen) atoms. The first-order valence-electron chi connectivity index (χ1n) is 6.72. The van der Waals surface area contributed by atoms with Crippen LogP contribution in [-0.4, -0.2) is 26.3 Å². The number of fused-ring (bicyclic) bond motifs is 3. The molecule has 1 aliphatic heterocycles. The van der Waals surface area contributed by atoms with Gasteiger partial charge in [-0.2, -0.15) is 0 Å². The number of ether oxygens (including phenoxy) is 3. The predicted octanol–water partition coefficient (Wildman–Crippen LogP) is 2.90. The molecule has 0 aromatic heterocycles. The van der Waals surface area contributed by atoms with E-state index in [-0.39, 0.29) is 12.1 Å². The number of hydrogen-bond donors (Lipinski definition) is 0. The zero-order chi connectivity index (χ0) is 13.4. The number of hydrogen-bond acceptors (Lipinski definition) is 4. The maximum Gasteiger partial charge on any atom is 0.338 e. The van der Waals surface area contributed by atoms with Crippen LogP contribution in [0.15, 0.2) is 12.1 Å². The Bertz CT molecular complexity index is 509. The van der Waals surface area contributed by atoms with Gasteiger partial charge in [0.2, 0.25) is 0 Å². The minimum atomic E-state index is -0.297. The quantitative estimate of drug-likeness (QED) is 0.769. The minimum absolute atomic E-state index is 0.184. The van der Waals surface area contributed by atoms with Gasteiger partial charge in [0.15, 0.2) is 11.5 Å². The average Bonchev–Trinajstić information content (AvgIpc) is 2.85. The molecule has 102 valence electrons. The van der Waals surface area contributed by atoms with Crippen molar-refractivity contribution in [1.82, 2.24) is 0 Å². The SMILES string of the molecule is COC(=O)c1ccc(OC)c2c1[C@H]1CCCC[C@H]1O2. The summed E-state index contributed by atoms with van der Waals surface area (Å²) in [5.41, 5.74) is 1.60. The number of methoxy groups -OCH3 is 2. The molecule has 1 saturated carbocycles. The molecule has 2 atom stereocenters. The van der Waals surface area contributed by atoms with Gasteiger partial charge in [0.05, 0.1) is 19.8 Å². The van der Waals surface area contributed by atoms with Gasteiger partial charge in [-0.3, -0.25) is 0 Å². The summed E-state index contributed by atoms with van der Waals surface area (Å²) in [7, 11) is 3.03. The summed E-state index contributed by atoms with van der Waals surface area (Å²) in [4.78, 5) is 11.9. The fraction of sp³-hybridized carbons (Fsp3) is 0.533. The normalized spacial score (nSPS) is 24.1. The van der Waals surface area contributed by atoms with E-state index in [0.29, 0.717) is 17.2 Å². The number of rotatable bonds is 2. The lowest BCUT2D eigenvalue weighted by atomic mass is 9.81. The zero-order valence-corrected chi connectivity index (χ0v) is 11.3. The van der Waals surface area contributed by atoms with E-state index in [2.05, 4.69) is 0 Å². The molecule has 3 rings (SSSR count). The van der Waals surface area contributed by atoms with Crippen molar-refractivity contribution < 1.29 is 19.0 Å². The molecule has 0 saturated heterocycles. The molecule has 0 radical (unpaired) electrons. The van der Waals surface area contributed by atoms with Crippen LogP contribution in [0.5, 0.6) is 11.5 Å². The molecule has 0 amide bonds. The third-order valence-corrected chi connectivity index (χ3v) is 4.13. The highest BCUT2D eigenvalue weighted by Gasteiger charge is 2.40. The Balaban J connectivity index is 2.12. The zero-order valence-electron chi connectivity index (χ0n) is 11.3. The second kappa shape index (κ2) is 4.76. The van der Waals surface area contributed by atoms with Crippen LogP contribution in [0.3, 0.4) is 0 Å². The standard InChI is InChI=1S/C15H18O4/c1-17-12-8-7-10(15(16)18-2)13-9-5-3-4-6-11(9)19-14(12)13/h7-9,11H,3-6H2,1-2H3/t9-,11+/m0/s1. The molecule has 4 heteroatoms. The van der Waals surface area contributed by atoms with Crippen molar-refractivity contribution in [2.45, 2.75) is 37.7 Å². The third kappa shape index (κ3) is 1.86. The van der Waals surface area contributed by atoms with Gasteiger partial charge in [-0.1, -0.05) is 6.42 Å². The van der Waals surface area contributed by atoms with Gasteiger partial charge in [0.1, 0.15) is 6.10 Å². The van der Waals surface area contributed by atoms with Crippen LogP contribution in [0.25, 0.3) is 0 Å². The summed E-state index contributed by atoms with van der Waals surface area (Å²) >= 11 is 0. The smallest absolute Gasteiger partial charge is 0.338 e. The molecule has 0 spiro atoms. The minimum Gasteiger partial charge on any atom is -0.493 e. The number of esters is 1. The Morgan fingerprint density at radius 1 is 1.26 bits per heavy atom. The van der Waals surface area contributed by atoms with E-state index >= 15 is 0 Å². The molecule has 4 nitrogen and oxygen atoms in total. The molecule has 0 N–H and O–H groups in total. The van der Waals surface area contributed by atoms with Crippen LogP contribution < -0.4 is 9.47 Å². The van der Waals surface area contributed by atoms with Gasteiger partial charge in [0, 0.05) is 11.5 Å². The van der Waals surface area contributed by atoms with Crippen LogP contribution in [0.2, 0.25) is 0 Å². The van der Waals surface area contributed by atoms with Gasteiger partial charge in [-0.15, -0.1) is 0 Å². The van der Waals surface area contributed by atoms with Crippen LogP contribution in [0.1, 0.15) is 47.5 Å². The summed E-state index contributed by atoms with van der Waals surface area (Å²) < 4.78 is 16.3. The Morgan fingerprint density at radius 3 is 2.79 bits per heavy atom. The highest BCUT2D eigenvalue weighted by Crippen LogP contribution is 2.51. The highest BCUT2D eigenvalue weighted by atomic mass is 16.5. The van der Waals surface area contributed by atoms with Crippen molar-refractivity contribution in [1.29, 1.82) is 0 Å². The van der Waals surface area contributed by atoms with Gasteiger partial charge in [-0.05, 0) is 31.4 Å². The maximum atomic E-state index is 11.9. The Hall–Kier alpha value is -1.71. The molecule has 1 aromatic carbocycles. The van der Waals surface area contributed by atoms with E-state index in [9.17, 15) is 4.79 Å². The number of carbonyl (C=O) groups is 1. The lowest BCUT2D eigenvalue weighted by Crippen LogP contribution is -2.23. The molecule has 1 fully saturated rings. The highest BCUT2D eigenvalue weighted by molar-refractivity contribution is 5.93. The Morgan fingerprint density at radius 2 is 2.05 bits per heavy atom. The molecule has 0 unspecified atom stereocenters. The van der Waals surface area contributed by atoms with E-state index in [0.717, 1.165) is 24.2 Å². The van der Waals surface area contributed by atoms with E-state index in [1.54, 1.807) is 19.2 Å². The first-order chi connectivity index (χ1) is 9.26. The van der Waals surface area contributed by atoms with Gasteiger partial charge in [-0.25, -0.2) is 4.79 Å².